The molecule has 19 heavy (non-hydrogen) atoms. The van der Waals surface area contributed by atoms with Gasteiger partial charge >= 0.3 is 0 Å². The summed E-state index contributed by atoms with van der Waals surface area (Å²) in [4.78, 5) is 4.09. The molecule has 0 saturated heterocycles. The molecular weight excluding hydrogens is 262 g/mol. The Morgan fingerprint density at radius 1 is 1.16 bits per heavy atom. The van der Waals surface area contributed by atoms with E-state index < -0.39 is 10.0 Å². The Bertz CT molecular complexity index is 712. The van der Waals surface area contributed by atoms with Gasteiger partial charge in [-0.3, -0.25) is 9.71 Å². The first-order valence-electron chi connectivity index (χ1n) is 5.70. The zero-order chi connectivity index (χ0) is 14.0. The van der Waals surface area contributed by atoms with Crippen LogP contribution in [0.15, 0.2) is 41.4 Å². The topological polar surface area (TPSA) is 85.1 Å². The van der Waals surface area contributed by atoms with Crippen molar-refractivity contribution < 1.29 is 8.42 Å². The highest BCUT2D eigenvalue weighted by Crippen LogP contribution is 2.22. The molecule has 3 N–H and O–H groups in total. The second-order valence-corrected chi connectivity index (χ2v) is 5.98. The van der Waals surface area contributed by atoms with Crippen molar-refractivity contribution in [3.05, 3.63) is 47.8 Å². The van der Waals surface area contributed by atoms with Gasteiger partial charge in [-0.2, -0.15) is 0 Å². The van der Waals surface area contributed by atoms with Gasteiger partial charge in [0.15, 0.2) is 0 Å². The highest BCUT2D eigenvalue weighted by atomic mass is 32.2. The molecule has 1 heterocycles. The van der Waals surface area contributed by atoms with Gasteiger partial charge in [-0.1, -0.05) is 6.07 Å². The molecule has 2 aromatic rings. The fourth-order valence-corrected chi connectivity index (χ4v) is 2.90. The fraction of sp³-hybridized carbons (Fsp3) is 0.154. The van der Waals surface area contributed by atoms with Crippen LogP contribution < -0.4 is 10.5 Å². The summed E-state index contributed by atoms with van der Waals surface area (Å²) in [5.41, 5.74) is 8.11. The number of nitrogens with two attached hydrogens (primary N) is 1. The Balaban J connectivity index is 2.38. The van der Waals surface area contributed by atoms with Crippen LogP contribution >= 0.6 is 0 Å². The molecule has 0 aliphatic heterocycles. The molecule has 0 saturated carbocycles. The van der Waals surface area contributed by atoms with Crippen LogP contribution in [0.4, 0.5) is 11.4 Å². The molecule has 5 nitrogen and oxygen atoms in total. The Kier molecular flexibility index (Phi) is 3.44. The summed E-state index contributed by atoms with van der Waals surface area (Å²) >= 11 is 0. The standard InChI is InChI=1S/C13H15N3O2S/c1-9-3-4-13(12(14)7-9)19(17,18)16-11-5-6-15-10(2)8-11/h3-8H,14H2,1-2H3,(H,15,16). The van der Waals surface area contributed by atoms with E-state index in [0.717, 1.165) is 11.3 Å². The summed E-state index contributed by atoms with van der Waals surface area (Å²) in [6.45, 7) is 3.64. The number of nitrogen functional groups attached to an aromatic ring is 1. The Labute approximate surface area is 112 Å². The molecule has 0 aliphatic rings. The molecule has 0 amide bonds. The number of sulfonamides is 1. The number of aryl methyl sites for hydroxylation is 2. The number of hydrogen-bond donors (Lipinski definition) is 2. The van der Waals surface area contributed by atoms with Crippen LogP contribution in [0.1, 0.15) is 11.3 Å². The summed E-state index contributed by atoms with van der Waals surface area (Å²) in [7, 11) is -3.68. The number of anilines is 2. The van der Waals surface area contributed by atoms with E-state index in [2.05, 4.69) is 9.71 Å². The van der Waals surface area contributed by atoms with Gasteiger partial charge in [0.1, 0.15) is 4.90 Å². The van der Waals surface area contributed by atoms with Crippen molar-refractivity contribution in [3.63, 3.8) is 0 Å². The van der Waals surface area contributed by atoms with Crippen LogP contribution in [0.2, 0.25) is 0 Å². The average Bonchev–Trinajstić information content (AvgIpc) is 2.27. The summed E-state index contributed by atoms with van der Waals surface area (Å²) in [5.74, 6) is 0. The maximum atomic E-state index is 12.2. The number of nitrogens with zero attached hydrogens (tertiary/aromatic N) is 1. The quantitative estimate of drug-likeness (QED) is 0.841. The van der Waals surface area contributed by atoms with Gasteiger partial charge in [-0.15, -0.1) is 0 Å². The molecule has 0 aliphatic carbocycles. The molecule has 6 heteroatoms. The van der Waals surface area contributed by atoms with E-state index >= 15 is 0 Å². The lowest BCUT2D eigenvalue weighted by molar-refractivity contribution is 0.601. The molecular formula is C13H15N3O2S. The summed E-state index contributed by atoms with van der Waals surface area (Å²) < 4.78 is 27.0. The number of benzene rings is 1. The molecule has 0 spiro atoms. The largest absolute Gasteiger partial charge is 0.398 e. The van der Waals surface area contributed by atoms with E-state index in [4.69, 9.17) is 5.73 Å². The minimum atomic E-state index is -3.68. The summed E-state index contributed by atoms with van der Waals surface area (Å²) in [5, 5.41) is 0. The van der Waals surface area contributed by atoms with Crippen molar-refractivity contribution in [2.24, 2.45) is 0 Å². The van der Waals surface area contributed by atoms with Gasteiger partial charge in [0.2, 0.25) is 0 Å². The average molecular weight is 277 g/mol. The lowest BCUT2D eigenvalue weighted by Gasteiger charge is -2.10. The monoisotopic (exact) mass is 277 g/mol. The van der Waals surface area contributed by atoms with Gasteiger partial charge in [-0.05, 0) is 43.7 Å². The van der Waals surface area contributed by atoms with Gasteiger partial charge in [0, 0.05) is 11.9 Å². The van der Waals surface area contributed by atoms with E-state index in [1.54, 1.807) is 37.4 Å². The second kappa shape index (κ2) is 4.89. The number of pyridine rings is 1. The van der Waals surface area contributed by atoms with E-state index in [-0.39, 0.29) is 10.6 Å². The number of rotatable bonds is 3. The van der Waals surface area contributed by atoms with Crippen LogP contribution in [0.3, 0.4) is 0 Å². The van der Waals surface area contributed by atoms with Crippen molar-refractivity contribution in [3.8, 4) is 0 Å². The lowest BCUT2D eigenvalue weighted by Crippen LogP contribution is -2.15. The Morgan fingerprint density at radius 3 is 2.53 bits per heavy atom. The fourth-order valence-electron chi connectivity index (χ4n) is 1.73. The molecule has 1 aromatic heterocycles. The van der Waals surface area contributed by atoms with Crippen molar-refractivity contribution in [1.29, 1.82) is 0 Å². The van der Waals surface area contributed by atoms with Gasteiger partial charge in [-0.25, -0.2) is 8.42 Å². The second-order valence-electron chi connectivity index (χ2n) is 4.33. The zero-order valence-corrected chi connectivity index (χ0v) is 11.5. The SMILES string of the molecule is Cc1ccc(S(=O)(=O)Nc2ccnc(C)c2)c(N)c1. The Morgan fingerprint density at radius 2 is 1.89 bits per heavy atom. The normalized spacial score (nSPS) is 11.3. The third-order valence-electron chi connectivity index (χ3n) is 2.60. The highest BCUT2D eigenvalue weighted by molar-refractivity contribution is 7.92. The van der Waals surface area contributed by atoms with Gasteiger partial charge in [0.25, 0.3) is 10.0 Å². The van der Waals surface area contributed by atoms with Crippen LogP contribution in [0.25, 0.3) is 0 Å². The van der Waals surface area contributed by atoms with Crippen molar-refractivity contribution in [2.75, 3.05) is 10.5 Å². The smallest absolute Gasteiger partial charge is 0.263 e. The predicted octanol–water partition coefficient (Wildman–Crippen LogP) is 2.08. The number of nitrogens with one attached hydrogen (secondary N) is 1. The highest BCUT2D eigenvalue weighted by Gasteiger charge is 2.17. The third kappa shape index (κ3) is 3.03. The molecule has 0 bridgehead atoms. The minimum Gasteiger partial charge on any atom is -0.398 e. The van der Waals surface area contributed by atoms with E-state index in [9.17, 15) is 8.42 Å². The van der Waals surface area contributed by atoms with Gasteiger partial charge < -0.3 is 5.73 Å². The van der Waals surface area contributed by atoms with Gasteiger partial charge in [0.05, 0.1) is 11.4 Å². The molecule has 0 atom stereocenters. The first-order valence-corrected chi connectivity index (χ1v) is 7.18. The number of hydrogen-bond acceptors (Lipinski definition) is 4. The number of aromatic nitrogens is 1. The summed E-state index contributed by atoms with van der Waals surface area (Å²) in [6, 6.07) is 8.09. The van der Waals surface area contributed by atoms with Crippen LogP contribution in [0.5, 0.6) is 0 Å². The van der Waals surface area contributed by atoms with Crippen LogP contribution in [0, 0.1) is 13.8 Å². The minimum absolute atomic E-state index is 0.0764. The van der Waals surface area contributed by atoms with Crippen molar-refractivity contribution >= 4 is 21.4 Å². The maximum absolute atomic E-state index is 12.2. The van der Waals surface area contributed by atoms with E-state index in [1.165, 1.54) is 6.07 Å². The van der Waals surface area contributed by atoms with Crippen molar-refractivity contribution in [2.45, 2.75) is 18.7 Å². The Hall–Kier alpha value is -2.08. The van der Waals surface area contributed by atoms with Crippen LogP contribution in [-0.2, 0) is 10.0 Å². The molecule has 0 radical (unpaired) electrons. The maximum Gasteiger partial charge on any atom is 0.263 e. The first kappa shape index (κ1) is 13.4. The molecule has 0 unspecified atom stereocenters. The molecule has 100 valence electrons. The molecule has 2 rings (SSSR count). The lowest BCUT2D eigenvalue weighted by atomic mass is 10.2. The predicted molar refractivity (Wildman–Crippen MR) is 75.4 cm³/mol. The van der Waals surface area contributed by atoms with E-state index in [0.29, 0.717) is 5.69 Å². The summed E-state index contributed by atoms with van der Waals surface area (Å²) in [6.07, 6.45) is 1.55. The van der Waals surface area contributed by atoms with Crippen LogP contribution in [-0.4, -0.2) is 13.4 Å². The first-order chi connectivity index (χ1) is 8.88. The van der Waals surface area contributed by atoms with E-state index in [1.807, 2.05) is 6.92 Å². The molecule has 0 fully saturated rings. The van der Waals surface area contributed by atoms with Crippen molar-refractivity contribution in [1.82, 2.24) is 4.98 Å². The molecule has 1 aromatic carbocycles. The third-order valence-corrected chi connectivity index (χ3v) is 4.06. The zero-order valence-electron chi connectivity index (χ0n) is 10.7.